The molecule has 0 aliphatic heterocycles. The van der Waals surface area contributed by atoms with E-state index in [9.17, 15) is 0 Å². The minimum Gasteiger partial charge on any atom is -0.431 e. The third kappa shape index (κ3) is 2.17. The second-order valence-corrected chi connectivity index (χ2v) is 4.86. The number of hydrogen-bond donors (Lipinski definition) is 1. The molecule has 0 unspecified atom stereocenters. The highest BCUT2D eigenvalue weighted by Crippen LogP contribution is 2.31. The zero-order valence-electron chi connectivity index (χ0n) is 9.57. The van der Waals surface area contributed by atoms with Crippen LogP contribution in [0.15, 0.2) is 18.3 Å². The Labute approximate surface area is 98.9 Å². The van der Waals surface area contributed by atoms with Crippen LogP contribution >= 0.6 is 11.3 Å². The van der Waals surface area contributed by atoms with Gasteiger partial charge in [0, 0.05) is 0 Å². The molecule has 0 spiro atoms. The minimum atomic E-state index is 0.589. The van der Waals surface area contributed by atoms with Gasteiger partial charge in [0.1, 0.15) is 10.8 Å². The van der Waals surface area contributed by atoms with E-state index in [-0.39, 0.29) is 0 Å². The van der Waals surface area contributed by atoms with Crippen LogP contribution in [0.25, 0.3) is 0 Å². The predicted octanol–water partition coefficient (Wildman–Crippen LogP) is 3.44. The van der Waals surface area contributed by atoms with E-state index in [2.05, 4.69) is 24.9 Å². The van der Waals surface area contributed by atoms with Gasteiger partial charge in [-0.2, -0.15) is 0 Å². The van der Waals surface area contributed by atoms with Crippen LogP contribution in [0.5, 0.6) is 10.9 Å². The van der Waals surface area contributed by atoms with Gasteiger partial charge in [0.2, 0.25) is 0 Å². The van der Waals surface area contributed by atoms with Gasteiger partial charge in [-0.3, -0.25) is 0 Å². The fourth-order valence-corrected chi connectivity index (χ4v) is 2.06. The van der Waals surface area contributed by atoms with Gasteiger partial charge >= 0.3 is 0 Å². The molecule has 2 aromatic rings. The quantitative estimate of drug-likeness (QED) is 0.865. The van der Waals surface area contributed by atoms with E-state index in [0.717, 1.165) is 11.3 Å². The summed E-state index contributed by atoms with van der Waals surface area (Å²) < 4.78 is 5.72. The largest absolute Gasteiger partial charge is 0.431 e. The number of thiazole rings is 1. The smallest absolute Gasteiger partial charge is 0.280 e. The van der Waals surface area contributed by atoms with E-state index >= 15 is 0 Å². The Kier molecular flexibility index (Phi) is 2.83. The maximum atomic E-state index is 5.72. The van der Waals surface area contributed by atoms with Crippen LogP contribution in [0.2, 0.25) is 0 Å². The molecule has 0 atom stereocenters. The molecule has 2 rings (SSSR count). The molecule has 0 aliphatic rings. The lowest BCUT2D eigenvalue weighted by atomic mass is 10.1. The maximum Gasteiger partial charge on any atom is 0.280 e. The number of nitrogens with two attached hydrogens (primary N) is 1. The lowest BCUT2D eigenvalue weighted by Gasteiger charge is -2.09. The minimum absolute atomic E-state index is 0.589. The van der Waals surface area contributed by atoms with E-state index in [1.165, 1.54) is 22.5 Å². The van der Waals surface area contributed by atoms with Crippen LogP contribution in [0, 0.1) is 20.8 Å². The second kappa shape index (κ2) is 4.14. The van der Waals surface area contributed by atoms with Crippen LogP contribution in [-0.4, -0.2) is 4.98 Å². The molecule has 16 heavy (non-hydrogen) atoms. The van der Waals surface area contributed by atoms with Gasteiger partial charge in [-0.1, -0.05) is 17.4 Å². The molecule has 2 N–H and O–H groups in total. The van der Waals surface area contributed by atoms with Crippen molar-refractivity contribution in [1.29, 1.82) is 0 Å². The topological polar surface area (TPSA) is 48.1 Å². The Morgan fingerprint density at radius 3 is 2.62 bits per heavy atom. The maximum absolute atomic E-state index is 5.72. The Hall–Kier alpha value is -1.55. The average molecular weight is 234 g/mol. The highest BCUT2D eigenvalue weighted by Gasteiger charge is 2.07. The molecule has 3 nitrogen and oxygen atoms in total. The number of anilines is 1. The van der Waals surface area contributed by atoms with Crippen molar-refractivity contribution in [3.05, 3.63) is 35.0 Å². The SMILES string of the molecule is Cc1cc(C)c(C)c(Oc2ncc(N)s2)c1. The van der Waals surface area contributed by atoms with Crippen LogP contribution in [0.3, 0.4) is 0 Å². The highest BCUT2D eigenvalue weighted by atomic mass is 32.1. The Morgan fingerprint density at radius 1 is 1.25 bits per heavy atom. The summed E-state index contributed by atoms with van der Waals surface area (Å²) in [5.74, 6) is 0.854. The number of aryl methyl sites for hydroxylation is 2. The summed E-state index contributed by atoms with van der Waals surface area (Å²) in [4.78, 5) is 4.08. The zero-order valence-corrected chi connectivity index (χ0v) is 10.4. The first-order chi connectivity index (χ1) is 7.56. The number of rotatable bonds is 2. The van der Waals surface area contributed by atoms with Gasteiger partial charge in [0.15, 0.2) is 0 Å². The molecule has 0 radical (unpaired) electrons. The van der Waals surface area contributed by atoms with E-state index < -0.39 is 0 Å². The Bertz CT molecular complexity index is 520. The number of nitrogens with zero attached hydrogens (tertiary/aromatic N) is 1. The summed E-state index contributed by atoms with van der Waals surface area (Å²) in [5.41, 5.74) is 9.15. The van der Waals surface area contributed by atoms with Gasteiger partial charge in [0.05, 0.1) is 6.20 Å². The van der Waals surface area contributed by atoms with Gasteiger partial charge in [-0.25, -0.2) is 4.98 Å². The van der Waals surface area contributed by atoms with Crippen LogP contribution in [-0.2, 0) is 0 Å². The molecular weight excluding hydrogens is 220 g/mol. The summed E-state index contributed by atoms with van der Waals surface area (Å²) in [5, 5.41) is 1.25. The molecule has 0 fully saturated rings. The van der Waals surface area contributed by atoms with Gasteiger partial charge < -0.3 is 10.5 Å². The molecule has 1 aromatic carbocycles. The molecule has 84 valence electrons. The summed E-state index contributed by atoms with van der Waals surface area (Å²) in [6.45, 7) is 6.17. The first kappa shape index (κ1) is 11.0. The number of aromatic nitrogens is 1. The third-order valence-corrected chi connectivity index (χ3v) is 3.17. The van der Waals surface area contributed by atoms with E-state index in [1.807, 2.05) is 13.0 Å². The van der Waals surface area contributed by atoms with Crippen molar-refractivity contribution in [3.8, 4) is 10.9 Å². The predicted molar refractivity (Wildman–Crippen MR) is 67.3 cm³/mol. The Morgan fingerprint density at radius 2 is 2.00 bits per heavy atom. The summed E-state index contributed by atoms with van der Waals surface area (Å²) in [6.07, 6.45) is 1.61. The van der Waals surface area contributed by atoms with Crippen molar-refractivity contribution >= 4 is 16.3 Å². The molecule has 0 amide bonds. The Balaban J connectivity index is 2.34. The van der Waals surface area contributed by atoms with Crippen LogP contribution in [0.1, 0.15) is 16.7 Å². The molecule has 0 saturated heterocycles. The average Bonchev–Trinajstić information content (AvgIpc) is 2.60. The lowest BCUT2D eigenvalue weighted by Crippen LogP contribution is -1.91. The van der Waals surface area contributed by atoms with Gasteiger partial charge in [0.25, 0.3) is 5.19 Å². The van der Waals surface area contributed by atoms with Crippen molar-refractivity contribution in [2.75, 3.05) is 5.73 Å². The zero-order chi connectivity index (χ0) is 11.7. The second-order valence-electron chi connectivity index (χ2n) is 3.84. The summed E-state index contributed by atoms with van der Waals surface area (Å²) >= 11 is 1.35. The lowest BCUT2D eigenvalue weighted by molar-refractivity contribution is 0.474. The number of hydrogen-bond acceptors (Lipinski definition) is 4. The van der Waals surface area contributed by atoms with E-state index in [0.29, 0.717) is 10.2 Å². The van der Waals surface area contributed by atoms with Crippen LogP contribution < -0.4 is 10.5 Å². The molecular formula is C12H14N2OS. The van der Waals surface area contributed by atoms with Crippen molar-refractivity contribution in [2.45, 2.75) is 20.8 Å². The molecule has 1 heterocycles. The normalized spacial score (nSPS) is 10.4. The number of ether oxygens (including phenoxy) is 1. The van der Waals surface area contributed by atoms with Gasteiger partial charge in [-0.15, -0.1) is 0 Å². The van der Waals surface area contributed by atoms with Crippen molar-refractivity contribution in [3.63, 3.8) is 0 Å². The fourth-order valence-electron chi connectivity index (χ4n) is 1.52. The summed E-state index contributed by atoms with van der Waals surface area (Å²) in [6, 6.07) is 4.15. The standard InChI is InChI=1S/C12H14N2OS/c1-7-4-8(2)9(3)10(5-7)15-12-14-6-11(13)16-12/h4-6H,13H2,1-3H3. The number of nitrogen functional groups attached to an aromatic ring is 1. The summed E-state index contributed by atoms with van der Waals surface area (Å²) in [7, 11) is 0. The molecule has 1 aromatic heterocycles. The molecule has 0 bridgehead atoms. The molecule has 4 heteroatoms. The highest BCUT2D eigenvalue weighted by molar-refractivity contribution is 7.17. The third-order valence-electron chi connectivity index (χ3n) is 2.46. The van der Waals surface area contributed by atoms with E-state index in [1.54, 1.807) is 6.20 Å². The fraction of sp³-hybridized carbons (Fsp3) is 0.250. The number of benzene rings is 1. The van der Waals surface area contributed by atoms with Gasteiger partial charge in [-0.05, 0) is 43.5 Å². The molecule has 0 saturated carbocycles. The molecule has 0 aliphatic carbocycles. The van der Waals surface area contributed by atoms with Crippen molar-refractivity contribution in [2.24, 2.45) is 0 Å². The van der Waals surface area contributed by atoms with Crippen LogP contribution in [0.4, 0.5) is 5.00 Å². The van der Waals surface area contributed by atoms with E-state index in [4.69, 9.17) is 10.5 Å². The first-order valence-corrected chi connectivity index (χ1v) is 5.85. The van der Waals surface area contributed by atoms with Crippen molar-refractivity contribution in [1.82, 2.24) is 4.98 Å². The monoisotopic (exact) mass is 234 g/mol. The van der Waals surface area contributed by atoms with Crippen molar-refractivity contribution < 1.29 is 4.74 Å². The first-order valence-electron chi connectivity index (χ1n) is 5.03.